The standard InChI is InChI=1S/C15H20BrN5O2/c1-20-14(13(16)10-19-20)12-8-11(17)9-18-15(12)23-7-4-21-2-5-22-6-3-21/h8-10H,2-7,17H2,1H3. The summed E-state index contributed by atoms with van der Waals surface area (Å²) < 4.78 is 13.9. The molecule has 3 heterocycles. The molecule has 2 aromatic rings. The molecular formula is C15H20BrN5O2. The van der Waals surface area contributed by atoms with E-state index in [1.165, 1.54) is 0 Å². The molecule has 0 unspecified atom stereocenters. The van der Waals surface area contributed by atoms with E-state index in [1.54, 1.807) is 17.1 Å². The summed E-state index contributed by atoms with van der Waals surface area (Å²) in [6, 6.07) is 1.86. The molecule has 0 spiro atoms. The molecule has 23 heavy (non-hydrogen) atoms. The van der Waals surface area contributed by atoms with E-state index < -0.39 is 0 Å². The summed E-state index contributed by atoms with van der Waals surface area (Å²) in [6.07, 6.45) is 3.36. The van der Waals surface area contributed by atoms with Gasteiger partial charge in [-0.1, -0.05) is 0 Å². The van der Waals surface area contributed by atoms with Crippen molar-refractivity contribution >= 4 is 21.6 Å². The normalized spacial score (nSPS) is 15.7. The van der Waals surface area contributed by atoms with Gasteiger partial charge in [0.1, 0.15) is 6.61 Å². The molecule has 0 radical (unpaired) electrons. The second kappa shape index (κ2) is 7.29. The Kier molecular flexibility index (Phi) is 5.14. The number of rotatable bonds is 5. The van der Waals surface area contributed by atoms with Crippen LogP contribution in [0.3, 0.4) is 0 Å². The highest BCUT2D eigenvalue weighted by molar-refractivity contribution is 9.10. The molecule has 0 saturated carbocycles. The summed E-state index contributed by atoms with van der Waals surface area (Å²) in [5.41, 5.74) is 8.21. The minimum atomic E-state index is 0.566. The second-order valence-electron chi connectivity index (χ2n) is 5.39. The van der Waals surface area contributed by atoms with Crippen molar-refractivity contribution < 1.29 is 9.47 Å². The largest absolute Gasteiger partial charge is 0.476 e. The van der Waals surface area contributed by atoms with E-state index in [1.807, 2.05) is 13.1 Å². The summed E-state index contributed by atoms with van der Waals surface area (Å²) in [7, 11) is 1.88. The summed E-state index contributed by atoms with van der Waals surface area (Å²) >= 11 is 3.51. The summed E-state index contributed by atoms with van der Waals surface area (Å²) in [4.78, 5) is 6.67. The first kappa shape index (κ1) is 16.2. The van der Waals surface area contributed by atoms with Crippen LogP contribution in [0, 0.1) is 0 Å². The van der Waals surface area contributed by atoms with E-state index in [0.29, 0.717) is 18.2 Å². The van der Waals surface area contributed by atoms with Gasteiger partial charge in [-0.2, -0.15) is 5.10 Å². The molecular weight excluding hydrogens is 362 g/mol. The van der Waals surface area contributed by atoms with E-state index in [2.05, 4.69) is 30.9 Å². The molecule has 2 N–H and O–H groups in total. The van der Waals surface area contributed by atoms with Crippen molar-refractivity contribution in [3.63, 3.8) is 0 Å². The molecule has 1 aliphatic rings. The highest BCUT2D eigenvalue weighted by Crippen LogP contribution is 2.34. The fourth-order valence-electron chi connectivity index (χ4n) is 2.56. The number of nitrogens with two attached hydrogens (primary N) is 1. The molecule has 1 saturated heterocycles. The molecule has 0 atom stereocenters. The maximum absolute atomic E-state index is 5.92. The van der Waals surface area contributed by atoms with Gasteiger partial charge in [0.05, 0.1) is 47.0 Å². The highest BCUT2D eigenvalue weighted by Gasteiger charge is 2.17. The summed E-state index contributed by atoms with van der Waals surface area (Å²) in [6.45, 7) is 4.87. The van der Waals surface area contributed by atoms with Crippen LogP contribution in [-0.4, -0.2) is 59.1 Å². The van der Waals surface area contributed by atoms with Crippen LogP contribution in [0.15, 0.2) is 22.9 Å². The number of morpholine rings is 1. The molecule has 8 heteroatoms. The Bertz CT molecular complexity index is 650. The quantitative estimate of drug-likeness (QED) is 0.845. The third kappa shape index (κ3) is 3.82. The van der Waals surface area contributed by atoms with E-state index >= 15 is 0 Å². The minimum Gasteiger partial charge on any atom is -0.476 e. The van der Waals surface area contributed by atoms with E-state index in [9.17, 15) is 0 Å². The lowest BCUT2D eigenvalue weighted by Gasteiger charge is -2.26. The van der Waals surface area contributed by atoms with Gasteiger partial charge in [0.2, 0.25) is 5.88 Å². The zero-order chi connectivity index (χ0) is 16.2. The van der Waals surface area contributed by atoms with E-state index in [0.717, 1.165) is 48.6 Å². The number of halogens is 1. The Balaban J connectivity index is 1.74. The minimum absolute atomic E-state index is 0.566. The lowest BCUT2D eigenvalue weighted by Crippen LogP contribution is -2.38. The van der Waals surface area contributed by atoms with Crippen LogP contribution in [-0.2, 0) is 11.8 Å². The first-order valence-corrected chi connectivity index (χ1v) is 8.31. The zero-order valence-corrected chi connectivity index (χ0v) is 14.6. The smallest absolute Gasteiger partial charge is 0.223 e. The number of nitrogens with zero attached hydrogens (tertiary/aromatic N) is 4. The molecule has 0 amide bonds. The first-order valence-electron chi connectivity index (χ1n) is 7.51. The van der Waals surface area contributed by atoms with Gasteiger partial charge < -0.3 is 15.2 Å². The number of pyridine rings is 1. The van der Waals surface area contributed by atoms with Crippen LogP contribution >= 0.6 is 15.9 Å². The fourth-order valence-corrected chi connectivity index (χ4v) is 3.12. The molecule has 0 aliphatic carbocycles. The molecule has 1 fully saturated rings. The second-order valence-corrected chi connectivity index (χ2v) is 6.24. The SMILES string of the molecule is Cn1ncc(Br)c1-c1cc(N)cnc1OCCN1CCOCC1. The topological polar surface area (TPSA) is 78.4 Å². The molecule has 0 bridgehead atoms. The average molecular weight is 382 g/mol. The van der Waals surface area contributed by atoms with Crippen LogP contribution in [0.4, 0.5) is 5.69 Å². The number of nitrogen functional groups attached to an aromatic ring is 1. The van der Waals surface area contributed by atoms with Crippen molar-refractivity contribution in [3.8, 4) is 17.1 Å². The van der Waals surface area contributed by atoms with Gasteiger partial charge in [-0.15, -0.1) is 0 Å². The van der Waals surface area contributed by atoms with Crippen molar-refractivity contribution in [2.45, 2.75) is 0 Å². The maximum Gasteiger partial charge on any atom is 0.223 e. The van der Waals surface area contributed by atoms with Crippen molar-refractivity contribution in [1.82, 2.24) is 19.7 Å². The number of hydrogen-bond donors (Lipinski definition) is 1. The Morgan fingerprint density at radius 3 is 2.83 bits per heavy atom. The van der Waals surface area contributed by atoms with E-state index in [4.69, 9.17) is 15.2 Å². The lowest BCUT2D eigenvalue weighted by atomic mass is 10.2. The van der Waals surface area contributed by atoms with Crippen molar-refractivity contribution in [2.24, 2.45) is 7.05 Å². The number of ether oxygens (including phenoxy) is 2. The maximum atomic E-state index is 5.92. The third-order valence-corrected chi connectivity index (χ3v) is 4.35. The third-order valence-electron chi connectivity index (χ3n) is 3.77. The van der Waals surface area contributed by atoms with Gasteiger partial charge in [-0.05, 0) is 22.0 Å². The first-order chi connectivity index (χ1) is 11.1. The predicted octanol–water partition coefficient (Wildman–Crippen LogP) is 1.54. The Hall–Kier alpha value is -1.64. The number of aromatic nitrogens is 3. The summed E-state index contributed by atoms with van der Waals surface area (Å²) in [5.74, 6) is 0.566. The van der Waals surface area contributed by atoms with Gasteiger partial charge in [0.15, 0.2) is 0 Å². The fraction of sp³-hybridized carbons (Fsp3) is 0.467. The van der Waals surface area contributed by atoms with E-state index in [-0.39, 0.29) is 0 Å². The average Bonchev–Trinajstić information content (AvgIpc) is 2.89. The molecule has 7 nitrogen and oxygen atoms in total. The zero-order valence-electron chi connectivity index (χ0n) is 13.0. The Labute approximate surface area is 143 Å². The van der Waals surface area contributed by atoms with Crippen molar-refractivity contribution in [3.05, 3.63) is 22.9 Å². The monoisotopic (exact) mass is 381 g/mol. The van der Waals surface area contributed by atoms with Gasteiger partial charge in [-0.25, -0.2) is 4.98 Å². The number of hydrogen-bond acceptors (Lipinski definition) is 6. The van der Waals surface area contributed by atoms with Crippen LogP contribution in [0.25, 0.3) is 11.3 Å². The molecule has 0 aromatic carbocycles. The van der Waals surface area contributed by atoms with Crippen LogP contribution in [0.1, 0.15) is 0 Å². The predicted molar refractivity (Wildman–Crippen MR) is 91.3 cm³/mol. The number of aryl methyl sites for hydroxylation is 1. The molecule has 3 rings (SSSR count). The van der Waals surface area contributed by atoms with Crippen molar-refractivity contribution in [1.29, 1.82) is 0 Å². The Morgan fingerprint density at radius 1 is 1.35 bits per heavy atom. The van der Waals surface area contributed by atoms with Crippen molar-refractivity contribution in [2.75, 3.05) is 45.2 Å². The van der Waals surface area contributed by atoms with Crippen LogP contribution in [0.5, 0.6) is 5.88 Å². The van der Waals surface area contributed by atoms with Crippen LogP contribution < -0.4 is 10.5 Å². The Morgan fingerprint density at radius 2 is 2.13 bits per heavy atom. The van der Waals surface area contributed by atoms with Gasteiger partial charge in [0, 0.05) is 26.7 Å². The van der Waals surface area contributed by atoms with Gasteiger partial charge >= 0.3 is 0 Å². The molecule has 1 aliphatic heterocycles. The summed E-state index contributed by atoms with van der Waals surface area (Å²) in [5, 5.41) is 4.24. The lowest BCUT2D eigenvalue weighted by molar-refractivity contribution is 0.0320. The van der Waals surface area contributed by atoms with Crippen LogP contribution in [0.2, 0.25) is 0 Å². The molecule has 124 valence electrons. The highest BCUT2D eigenvalue weighted by atomic mass is 79.9. The number of anilines is 1. The molecule has 2 aromatic heterocycles. The van der Waals surface area contributed by atoms with Gasteiger partial charge in [0.25, 0.3) is 0 Å². The van der Waals surface area contributed by atoms with Gasteiger partial charge in [-0.3, -0.25) is 9.58 Å².